The van der Waals surface area contributed by atoms with E-state index in [0.29, 0.717) is 0 Å². The van der Waals surface area contributed by atoms with Gasteiger partial charge < -0.3 is 5.73 Å². The Morgan fingerprint density at radius 2 is 2.12 bits per heavy atom. The smallest absolute Gasteiger partial charge is 0.234 e. The van der Waals surface area contributed by atoms with E-state index < -0.39 is 0 Å². The zero-order valence-corrected chi connectivity index (χ0v) is 11.1. The van der Waals surface area contributed by atoms with E-state index in [-0.39, 0.29) is 16.0 Å². The molecule has 1 aliphatic rings. The number of halogens is 1. The maximum Gasteiger partial charge on any atom is 0.234 e. The van der Waals surface area contributed by atoms with Crippen LogP contribution in [0.5, 0.6) is 0 Å². The fraction of sp³-hybridized carbons (Fsp3) is 0.417. The summed E-state index contributed by atoms with van der Waals surface area (Å²) in [5.41, 5.74) is 6.65. The molecule has 1 fully saturated rings. The second-order valence-corrected chi connectivity index (χ2v) is 5.22. The van der Waals surface area contributed by atoms with Gasteiger partial charge in [-0.3, -0.25) is 9.69 Å². The summed E-state index contributed by atoms with van der Waals surface area (Å²) in [6.45, 7) is 0.954. The highest BCUT2D eigenvalue weighted by atomic mass is 127. The Morgan fingerprint density at radius 1 is 1.44 bits per heavy atom. The number of hydrogen-bond donors (Lipinski definition) is 1. The van der Waals surface area contributed by atoms with E-state index in [4.69, 9.17) is 5.73 Å². The number of carbonyl (C=O) groups is 1. The maximum absolute atomic E-state index is 11.3. The third-order valence-electron chi connectivity index (χ3n) is 2.99. The Labute approximate surface area is 109 Å². The van der Waals surface area contributed by atoms with E-state index in [1.807, 2.05) is 18.2 Å². The van der Waals surface area contributed by atoms with Crippen LogP contribution in [0, 0.1) is 0 Å². The zero-order valence-electron chi connectivity index (χ0n) is 8.97. The molecule has 2 N–H and O–H groups in total. The van der Waals surface area contributed by atoms with Gasteiger partial charge in [-0.2, -0.15) is 0 Å². The molecule has 0 radical (unpaired) electrons. The molecular formula is C12H15IN2O. The second kappa shape index (κ2) is 5.14. The molecule has 3 nitrogen and oxygen atoms in total. The van der Waals surface area contributed by atoms with Crippen LogP contribution in [-0.4, -0.2) is 23.4 Å². The molecule has 1 heterocycles. The normalized spacial score (nSPS) is 23.2. The number of amides is 1. The first-order chi connectivity index (χ1) is 7.70. The fourth-order valence-corrected chi connectivity index (χ4v) is 3.25. The lowest BCUT2D eigenvalue weighted by molar-refractivity contribution is -0.122. The van der Waals surface area contributed by atoms with Crippen LogP contribution in [0.1, 0.15) is 22.5 Å². The summed E-state index contributed by atoms with van der Waals surface area (Å²) >= 11 is 2.38. The van der Waals surface area contributed by atoms with Gasteiger partial charge in [0.2, 0.25) is 5.91 Å². The minimum absolute atomic E-state index is 0.0953. The molecule has 2 unspecified atom stereocenters. The number of alkyl halides is 1. The Morgan fingerprint density at radius 3 is 2.75 bits per heavy atom. The molecule has 0 saturated carbocycles. The number of likely N-dealkylation sites (tertiary alicyclic amines) is 1. The molecule has 2 rings (SSSR count). The number of primary amides is 1. The topological polar surface area (TPSA) is 46.3 Å². The van der Waals surface area contributed by atoms with Crippen molar-refractivity contribution in [2.75, 3.05) is 6.54 Å². The lowest BCUT2D eigenvalue weighted by Gasteiger charge is -2.27. The molecule has 2 atom stereocenters. The molecule has 1 saturated heterocycles. The highest BCUT2D eigenvalue weighted by Gasteiger charge is 2.33. The van der Waals surface area contributed by atoms with Gasteiger partial charge in [-0.15, -0.1) is 0 Å². The number of rotatable bonds is 3. The quantitative estimate of drug-likeness (QED) is 0.524. The number of carbonyl (C=O) groups excluding carboxylic acids is 1. The third-order valence-corrected chi connectivity index (χ3v) is 4.42. The number of benzene rings is 1. The molecule has 0 bridgehead atoms. The van der Waals surface area contributed by atoms with Gasteiger partial charge in [0.1, 0.15) is 0 Å². The predicted octanol–water partition coefficient (Wildman–Crippen LogP) is 2.07. The minimum atomic E-state index is -0.199. The molecule has 0 spiro atoms. The lowest BCUT2D eigenvalue weighted by atomic mass is 10.2. The molecule has 16 heavy (non-hydrogen) atoms. The van der Waals surface area contributed by atoms with Gasteiger partial charge in [-0.05, 0) is 18.4 Å². The van der Waals surface area contributed by atoms with Crippen molar-refractivity contribution >= 4 is 28.5 Å². The maximum atomic E-state index is 11.3. The molecule has 1 amide bonds. The summed E-state index contributed by atoms with van der Waals surface area (Å²) in [6, 6.07) is 10.1. The van der Waals surface area contributed by atoms with Crippen LogP contribution in [0.25, 0.3) is 0 Å². The zero-order chi connectivity index (χ0) is 11.5. The van der Waals surface area contributed by atoms with Crippen LogP contribution in [0.4, 0.5) is 0 Å². The highest BCUT2D eigenvalue weighted by molar-refractivity contribution is 14.1. The fourth-order valence-electron chi connectivity index (χ4n) is 2.17. The molecule has 1 aromatic carbocycles. The Bertz CT molecular complexity index is 369. The van der Waals surface area contributed by atoms with Crippen molar-refractivity contribution in [1.82, 2.24) is 4.90 Å². The van der Waals surface area contributed by atoms with Crippen molar-refractivity contribution in [2.45, 2.75) is 22.9 Å². The van der Waals surface area contributed by atoms with Crippen LogP contribution in [0.3, 0.4) is 0 Å². The SMILES string of the molecule is NC(=O)C1CCCN1C(I)c1ccccc1. The first kappa shape index (κ1) is 11.9. The van der Waals surface area contributed by atoms with Gasteiger partial charge in [0.25, 0.3) is 0 Å². The summed E-state index contributed by atoms with van der Waals surface area (Å²) in [4.78, 5) is 13.5. The number of nitrogens with zero attached hydrogens (tertiary/aromatic N) is 1. The van der Waals surface area contributed by atoms with Gasteiger partial charge in [-0.25, -0.2) is 0 Å². The summed E-state index contributed by atoms with van der Waals surface area (Å²) in [5, 5.41) is 0. The van der Waals surface area contributed by atoms with Crippen LogP contribution < -0.4 is 5.73 Å². The predicted molar refractivity (Wildman–Crippen MR) is 72.1 cm³/mol. The summed E-state index contributed by atoms with van der Waals surface area (Å²) in [7, 11) is 0. The Kier molecular flexibility index (Phi) is 3.81. The lowest BCUT2D eigenvalue weighted by Crippen LogP contribution is -2.40. The van der Waals surface area contributed by atoms with Crippen LogP contribution >= 0.6 is 22.6 Å². The molecule has 0 aromatic heterocycles. The van der Waals surface area contributed by atoms with E-state index in [1.54, 1.807) is 0 Å². The van der Waals surface area contributed by atoms with Crippen LogP contribution in [0.2, 0.25) is 0 Å². The van der Waals surface area contributed by atoms with E-state index in [2.05, 4.69) is 39.6 Å². The minimum Gasteiger partial charge on any atom is -0.368 e. The first-order valence-electron chi connectivity index (χ1n) is 5.44. The second-order valence-electron chi connectivity index (χ2n) is 4.04. The van der Waals surface area contributed by atoms with Crippen molar-refractivity contribution in [3.05, 3.63) is 35.9 Å². The highest BCUT2D eigenvalue weighted by Crippen LogP contribution is 2.33. The van der Waals surface area contributed by atoms with E-state index in [9.17, 15) is 4.79 Å². The Balaban J connectivity index is 2.15. The van der Waals surface area contributed by atoms with Gasteiger partial charge in [0.05, 0.1) is 10.1 Å². The van der Waals surface area contributed by atoms with Gasteiger partial charge in [-0.1, -0.05) is 52.9 Å². The molecule has 4 heteroatoms. The van der Waals surface area contributed by atoms with Crippen molar-refractivity contribution < 1.29 is 4.79 Å². The Hall–Kier alpha value is -0.620. The van der Waals surface area contributed by atoms with Gasteiger partial charge in [0.15, 0.2) is 0 Å². The summed E-state index contributed by atoms with van der Waals surface area (Å²) in [5.74, 6) is -0.199. The molecule has 1 aliphatic heterocycles. The van der Waals surface area contributed by atoms with Crippen molar-refractivity contribution in [2.24, 2.45) is 5.73 Å². The average Bonchev–Trinajstić information content (AvgIpc) is 2.78. The third kappa shape index (κ3) is 2.38. The van der Waals surface area contributed by atoms with Crippen molar-refractivity contribution in [1.29, 1.82) is 0 Å². The number of hydrogen-bond acceptors (Lipinski definition) is 2. The molecule has 86 valence electrons. The van der Waals surface area contributed by atoms with Gasteiger partial charge in [0, 0.05) is 6.54 Å². The summed E-state index contributed by atoms with van der Waals surface area (Å²) in [6.07, 6.45) is 1.95. The van der Waals surface area contributed by atoms with E-state index in [0.717, 1.165) is 19.4 Å². The molecule has 1 aromatic rings. The molecular weight excluding hydrogens is 315 g/mol. The van der Waals surface area contributed by atoms with E-state index in [1.165, 1.54) is 5.56 Å². The summed E-state index contributed by atoms with van der Waals surface area (Å²) < 4.78 is 0.235. The molecule has 0 aliphatic carbocycles. The number of nitrogens with two attached hydrogens (primary N) is 1. The van der Waals surface area contributed by atoms with Gasteiger partial charge >= 0.3 is 0 Å². The van der Waals surface area contributed by atoms with Crippen molar-refractivity contribution in [3.8, 4) is 0 Å². The van der Waals surface area contributed by atoms with Crippen molar-refractivity contribution in [3.63, 3.8) is 0 Å². The largest absolute Gasteiger partial charge is 0.368 e. The standard InChI is InChI=1S/C12H15IN2O/c13-11(9-5-2-1-3-6-9)15-8-4-7-10(15)12(14)16/h1-3,5-6,10-11H,4,7-8H2,(H2,14,16). The first-order valence-corrected chi connectivity index (χ1v) is 6.69. The van der Waals surface area contributed by atoms with E-state index >= 15 is 0 Å². The van der Waals surface area contributed by atoms with Crippen LogP contribution in [-0.2, 0) is 4.79 Å². The average molecular weight is 330 g/mol. The van der Waals surface area contributed by atoms with Crippen LogP contribution in [0.15, 0.2) is 30.3 Å². The monoisotopic (exact) mass is 330 g/mol.